The number of alkyl halides is 6. The summed E-state index contributed by atoms with van der Waals surface area (Å²) in [5.74, 6) is 1.74. The number of aromatic hydroxyl groups is 1. The minimum absolute atomic E-state index is 0.236. The van der Waals surface area contributed by atoms with Crippen LogP contribution in [0.15, 0.2) is 121 Å². The van der Waals surface area contributed by atoms with E-state index in [4.69, 9.17) is 9.47 Å². The van der Waals surface area contributed by atoms with E-state index in [0.717, 1.165) is 65.5 Å². The van der Waals surface area contributed by atoms with Crippen molar-refractivity contribution in [1.29, 1.82) is 0 Å². The lowest BCUT2D eigenvalue weighted by Crippen LogP contribution is -2.11. The van der Waals surface area contributed by atoms with E-state index >= 15 is 0 Å². The number of aryl methyl sites for hydroxylation is 7. The molecule has 6 aromatic rings. The minimum atomic E-state index is -4.34. The van der Waals surface area contributed by atoms with E-state index in [2.05, 4.69) is 4.57 Å². The number of halogens is 6. The molecule has 0 aliphatic carbocycles. The molecular weight excluding hydrogens is 730 g/mol. The van der Waals surface area contributed by atoms with Crippen molar-refractivity contribution in [2.75, 3.05) is 14.2 Å². The number of methoxy groups -OCH3 is 2. The van der Waals surface area contributed by atoms with Crippen LogP contribution in [0.25, 0.3) is 0 Å². The van der Waals surface area contributed by atoms with Crippen LogP contribution in [0.2, 0.25) is 0 Å². The Balaban J connectivity index is 0.000000215. The molecule has 0 atom stereocenters. The number of benzene rings is 4. The van der Waals surface area contributed by atoms with Gasteiger partial charge in [-0.05, 0) is 122 Å². The van der Waals surface area contributed by atoms with Crippen LogP contribution in [0, 0.1) is 6.92 Å². The van der Waals surface area contributed by atoms with Crippen LogP contribution in [-0.2, 0) is 64.0 Å². The van der Waals surface area contributed by atoms with Crippen molar-refractivity contribution < 1.29 is 40.9 Å². The van der Waals surface area contributed by atoms with Crippen molar-refractivity contribution in [3.05, 3.63) is 172 Å². The SMILES string of the molecule is COc1ccc(CCn2c(CCc3ccccc3C(F)(F)F)ccc2OC)cc1.Cc1ccc(CCc2ccccc2C(F)(F)F)n1CCc1ccc(O)cc1. The van der Waals surface area contributed by atoms with Crippen molar-refractivity contribution in [2.24, 2.45) is 0 Å². The van der Waals surface area contributed by atoms with Crippen LogP contribution < -0.4 is 9.47 Å². The number of ether oxygens (including phenoxy) is 2. The molecule has 0 fully saturated rings. The molecule has 0 amide bonds. The predicted octanol–water partition coefficient (Wildman–Crippen LogP) is 11.1. The molecule has 56 heavy (non-hydrogen) atoms. The maximum absolute atomic E-state index is 13.2. The number of rotatable bonds is 14. The zero-order valence-corrected chi connectivity index (χ0v) is 31.6. The Hall–Kier alpha value is -5.58. The highest BCUT2D eigenvalue weighted by atomic mass is 19.4. The maximum Gasteiger partial charge on any atom is 0.416 e. The van der Waals surface area contributed by atoms with Gasteiger partial charge in [-0.15, -0.1) is 0 Å². The molecule has 11 heteroatoms. The van der Waals surface area contributed by atoms with Gasteiger partial charge in [0.1, 0.15) is 11.5 Å². The van der Waals surface area contributed by atoms with E-state index in [1.54, 1.807) is 50.6 Å². The van der Waals surface area contributed by atoms with Gasteiger partial charge >= 0.3 is 12.4 Å². The largest absolute Gasteiger partial charge is 0.508 e. The molecule has 0 saturated heterocycles. The van der Waals surface area contributed by atoms with Gasteiger partial charge in [0.2, 0.25) is 0 Å². The van der Waals surface area contributed by atoms with E-state index in [1.165, 1.54) is 12.1 Å². The van der Waals surface area contributed by atoms with Crippen LogP contribution in [0.5, 0.6) is 17.4 Å². The summed E-state index contributed by atoms with van der Waals surface area (Å²) in [5, 5.41) is 9.37. The van der Waals surface area contributed by atoms with Gasteiger partial charge in [0.25, 0.3) is 0 Å². The summed E-state index contributed by atoms with van der Waals surface area (Å²) in [5.41, 5.74) is 4.84. The Morgan fingerprint density at radius 1 is 0.500 bits per heavy atom. The molecule has 0 aliphatic rings. The first-order chi connectivity index (χ1) is 26.8. The summed E-state index contributed by atoms with van der Waals surface area (Å²) in [6.45, 7) is 3.43. The van der Waals surface area contributed by atoms with Crippen molar-refractivity contribution in [3.8, 4) is 17.4 Å². The van der Waals surface area contributed by atoms with Crippen LogP contribution in [0.4, 0.5) is 26.3 Å². The van der Waals surface area contributed by atoms with Crippen molar-refractivity contribution in [1.82, 2.24) is 9.13 Å². The number of phenols is 1. The summed E-state index contributed by atoms with van der Waals surface area (Å²) in [4.78, 5) is 0. The van der Waals surface area contributed by atoms with Crippen LogP contribution in [0.1, 0.15) is 50.5 Å². The highest BCUT2D eigenvalue weighted by Crippen LogP contribution is 2.34. The van der Waals surface area contributed by atoms with Gasteiger partial charge in [-0.25, -0.2) is 0 Å². The van der Waals surface area contributed by atoms with Crippen LogP contribution in [-0.4, -0.2) is 28.5 Å². The first-order valence-corrected chi connectivity index (χ1v) is 18.3. The molecule has 4 aromatic carbocycles. The summed E-state index contributed by atoms with van der Waals surface area (Å²) in [7, 11) is 3.23. The first kappa shape index (κ1) is 41.6. The predicted molar refractivity (Wildman–Crippen MR) is 206 cm³/mol. The Labute approximate surface area is 323 Å². The molecule has 5 nitrogen and oxygen atoms in total. The van der Waals surface area contributed by atoms with Gasteiger partial charge in [-0.2, -0.15) is 26.3 Å². The second-order valence-corrected chi connectivity index (χ2v) is 13.5. The fraction of sp³-hybridized carbons (Fsp3) is 0.289. The van der Waals surface area contributed by atoms with Gasteiger partial charge in [-0.3, -0.25) is 0 Å². The Morgan fingerprint density at radius 3 is 1.46 bits per heavy atom. The highest BCUT2D eigenvalue weighted by Gasteiger charge is 2.33. The third kappa shape index (κ3) is 11.2. The third-order valence-electron chi connectivity index (χ3n) is 9.82. The fourth-order valence-electron chi connectivity index (χ4n) is 6.79. The fourth-order valence-corrected chi connectivity index (χ4v) is 6.79. The lowest BCUT2D eigenvalue weighted by Gasteiger charge is -2.15. The quantitative estimate of drug-likeness (QED) is 0.112. The summed E-state index contributed by atoms with van der Waals surface area (Å²) >= 11 is 0. The zero-order chi connectivity index (χ0) is 40.3. The lowest BCUT2D eigenvalue weighted by atomic mass is 10.0. The van der Waals surface area contributed by atoms with Crippen molar-refractivity contribution >= 4 is 0 Å². The van der Waals surface area contributed by atoms with E-state index < -0.39 is 23.5 Å². The average molecular weight is 777 g/mol. The number of hydrogen-bond acceptors (Lipinski definition) is 3. The van der Waals surface area contributed by atoms with Crippen LogP contribution in [0.3, 0.4) is 0 Å². The molecule has 0 bridgehead atoms. The standard InChI is InChI=1S/C23H24F3NO2.C22H22F3NO/c1-28-20-12-7-17(8-13-20)15-16-27-19(11-14-22(27)29-2)10-9-18-5-3-4-6-21(18)23(24,25)26;1-16-6-10-19(26(16)15-14-17-7-12-20(27)13-8-17)11-9-18-4-2-3-5-21(18)22(23,24)25/h3-8,11-14H,9-10,15-16H2,1-2H3;2-8,10,12-13,27H,9,11,14-15H2,1H3. The lowest BCUT2D eigenvalue weighted by molar-refractivity contribution is -0.139. The molecule has 1 N–H and O–H groups in total. The molecule has 0 unspecified atom stereocenters. The third-order valence-corrected chi connectivity index (χ3v) is 9.82. The topological polar surface area (TPSA) is 48.5 Å². The minimum Gasteiger partial charge on any atom is -0.508 e. The van der Waals surface area contributed by atoms with Gasteiger partial charge in [0, 0.05) is 36.2 Å². The second kappa shape index (κ2) is 18.8. The molecule has 2 heterocycles. The normalized spacial score (nSPS) is 11.6. The second-order valence-electron chi connectivity index (χ2n) is 13.5. The molecule has 0 radical (unpaired) electrons. The van der Waals surface area contributed by atoms with Gasteiger partial charge < -0.3 is 23.7 Å². The molecule has 0 aliphatic heterocycles. The maximum atomic E-state index is 13.2. The Morgan fingerprint density at radius 2 is 0.964 bits per heavy atom. The van der Waals surface area contributed by atoms with Gasteiger partial charge in [0.05, 0.1) is 25.3 Å². The first-order valence-electron chi connectivity index (χ1n) is 18.3. The van der Waals surface area contributed by atoms with E-state index in [0.29, 0.717) is 49.2 Å². The van der Waals surface area contributed by atoms with Crippen LogP contribution >= 0.6 is 0 Å². The molecule has 6 rings (SSSR count). The zero-order valence-electron chi connectivity index (χ0n) is 31.6. The molecular formula is C45H46F6N2O3. The molecule has 0 saturated carbocycles. The monoisotopic (exact) mass is 776 g/mol. The van der Waals surface area contributed by atoms with Crippen molar-refractivity contribution in [2.45, 2.75) is 70.9 Å². The van der Waals surface area contributed by atoms with E-state index in [-0.39, 0.29) is 5.75 Å². The van der Waals surface area contributed by atoms with Crippen molar-refractivity contribution in [3.63, 3.8) is 0 Å². The van der Waals surface area contributed by atoms with E-state index in [1.807, 2.05) is 72.2 Å². The van der Waals surface area contributed by atoms with Gasteiger partial charge in [-0.1, -0.05) is 60.7 Å². The molecule has 2 aromatic heterocycles. The number of nitrogens with zero attached hydrogens (tertiary/aromatic N) is 2. The van der Waals surface area contributed by atoms with Gasteiger partial charge in [0.15, 0.2) is 5.88 Å². The summed E-state index contributed by atoms with van der Waals surface area (Å²) in [6.07, 6.45) is -5.39. The molecule has 296 valence electrons. The Kier molecular flexibility index (Phi) is 14.0. The number of phenolic OH excluding ortho intramolecular Hbond substituents is 1. The molecule has 0 spiro atoms. The number of hydrogen-bond donors (Lipinski definition) is 1. The average Bonchev–Trinajstić information content (AvgIpc) is 3.76. The van der Waals surface area contributed by atoms with E-state index in [9.17, 15) is 31.4 Å². The smallest absolute Gasteiger partial charge is 0.416 e. The Bertz CT molecular complexity index is 2130. The highest BCUT2D eigenvalue weighted by molar-refractivity contribution is 5.33. The number of aromatic nitrogens is 2. The summed E-state index contributed by atoms with van der Waals surface area (Å²) < 4.78 is 94.0. The summed E-state index contributed by atoms with van der Waals surface area (Å²) in [6, 6.07) is 34.2.